The molecule has 5 heteroatoms. The van der Waals surface area contributed by atoms with Gasteiger partial charge in [-0.2, -0.15) is 11.8 Å². The van der Waals surface area contributed by atoms with Crippen molar-refractivity contribution in [3.63, 3.8) is 0 Å². The van der Waals surface area contributed by atoms with Gasteiger partial charge in [-0.1, -0.05) is 0 Å². The lowest BCUT2D eigenvalue weighted by atomic mass is 9.95. The molecule has 0 aliphatic heterocycles. The fourth-order valence-corrected chi connectivity index (χ4v) is 3.17. The Morgan fingerprint density at radius 2 is 1.83 bits per heavy atom. The molecule has 1 aromatic rings. The maximum absolute atomic E-state index is 4.45. The minimum Gasteiger partial charge on any atom is -0.373 e. The van der Waals surface area contributed by atoms with E-state index in [1.807, 2.05) is 31.8 Å². The van der Waals surface area contributed by atoms with Gasteiger partial charge in [-0.15, -0.1) is 0 Å². The molecule has 0 unspecified atom stereocenters. The molecule has 0 amide bonds. The van der Waals surface area contributed by atoms with Crippen LogP contribution in [-0.2, 0) is 0 Å². The van der Waals surface area contributed by atoms with Crippen molar-refractivity contribution in [2.45, 2.75) is 43.9 Å². The molecule has 0 radical (unpaired) electrons. The number of anilines is 2. The summed E-state index contributed by atoms with van der Waals surface area (Å²) >= 11 is 2.00. The summed E-state index contributed by atoms with van der Waals surface area (Å²) in [5, 5.41) is 7.46. The summed E-state index contributed by atoms with van der Waals surface area (Å²) in [6, 6.07) is 2.54. The van der Waals surface area contributed by atoms with Gasteiger partial charge >= 0.3 is 0 Å². The van der Waals surface area contributed by atoms with E-state index in [4.69, 9.17) is 0 Å². The van der Waals surface area contributed by atoms with Crippen LogP contribution in [0.4, 0.5) is 11.6 Å². The van der Waals surface area contributed by atoms with Crippen LogP contribution in [0, 0.1) is 6.92 Å². The Morgan fingerprint density at radius 1 is 1.17 bits per heavy atom. The van der Waals surface area contributed by atoms with E-state index in [0.29, 0.717) is 6.04 Å². The van der Waals surface area contributed by atoms with E-state index >= 15 is 0 Å². The molecule has 0 atom stereocenters. The number of nitrogens with zero attached hydrogens (tertiary/aromatic N) is 2. The molecule has 1 fully saturated rings. The van der Waals surface area contributed by atoms with Crippen molar-refractivity contribution in [3.8, 4) is 0 Å². The van der Waals surface area contributed by atoms with Crippen molar-refractivity contribution < 1.29 is 0 Å². The predicted octanol–water partition coefficient (Wildman–Crippen LogP) is 2.91. The highest BCUT2D eigenvalue weighted by atomic mass is 32.2. The van der Waals surface area contributed by atoms with E-state index in [0.717, 1.165) is 22.7 Å². The highest BCUT2D eigenvalue weighted by Crippen LogP contribution is 2.28. The first-order valence-corrected chi connectivity index (χ1v) is 7.83. The molecule has 18 heavy (non-hydrogen) atoms. The van der Waals surface area contributed by atoms with Crippen LogP contribution >= 0.6 is 11.8 Å². The van der Waals surface area contributed by atoms with Gasteiger partial charge in [0.1, 0.15) is 17.5 Å². The Labute approximate surface area is 113 Å². The summed E-state index contributed by atoms with van der Waals surface area (Å²) in [5.41, 5.74) is 0. The smallest absolute Gasteiger partial charge is 0.132 e. The van der Waals surface area contributed by atoms with Gasteiger partial charge in [0.2, 0.25) is 0 Å². The van der Waals surface area contributed by atoms with Gasteiger partial charge in [0, 0.05) is 24.4 Å². The Balaban J connectivity index is 1.95. The van der Waals surface area contributed by atoms with E-state index in [1.54, 1.807) is 0 Å². The zero-order valence-electron chi connectivity index (χ0n) is 11.4. The molecule has 0 saturated heterocycles. The van der Waals surface area contributed by atoms with E-state index in [-0.39, 0.29) is 0 Å². The topological polar surface area (TPSA) is 49.8 Å². The summed E-state index contributed by atoms with van der Waals surface area (Å²) in [4.78, 5) is 8.75. The fourth-order valence-electron chi connectivity index (χ4n) is 2.42. The lowest BCUT2D eigenvalue weighted by Gasteiger charge is -2.28. The Kier molecular flexibility index (Phi) is 4.69. The van der Waals surface area contributed by atoms with Gasteiger partial charge in [-0.3, -0.25) is 0 Å². The summed E-state index contributed by atoms with van der Waals surface area (Å²) in [6.45, 7) is 1.93. The summed E-state index contributed by atoms with van der Waals surface area (Å²) < 4.78 is 0. The number of aryl methyl sites for hydroxylation is 1. The third kappa shape index (κ3) is 3.51. The van der Waals surface area contributed by atoms with E-state index in [1.165, 1.54) is 25.7 Å². The number of aromatic nitrogens is 2. The molecule has 0 aromatic carbocycles. The van der Waals surface area contributed by atoms with Gasteiger partial charge in [0.05, 0.1) is 0 Å². The first kappa shape index (κ1) is 13.5. The third-order valence-corrected chi connectivity index (χ3v) is 4.59. The maximum atomic E-state index is 4.45. The Morgan fingerprint density at radius 3 is 2.44 bits per heavy atom. The van der Waals surface area contributed by atoms with Gasteiger partial charge in [0.25, 0.3) is 0 Å². The van der Waals surface area contributed by atoms with Gasteiger partial charge < -0.3 is 10.6 Å². The second-order valence-corrected chi connectivity index (χ2v) is 5.93. The molecule has 0 spiro atoms. The lowest BCUT2D eigenvalue weighted by Crippen LogP contribution is -2.27. The summed E-state index contributed by atoms with van der Waals surface area (Å²) in [6.07, 6.45) is 7.31. The second-order valence-electron chi connectivity index (χ2n) is 4.79. The summed E-state index contributed by atoms with van der Waals surface area (Å²) in [7, 11) is 1.88. The average Bonchev–Trinajstić information content (AvgIpc) is 2.39. The van der Waals surface area contributed by atoms with Crippen LogP contribution in [0.2, 0.25) is 0 Å². The first-order valence-electron chi connectivity index (χ1n) is 6.54. The van der Waals surface area contributed by atoms with E-state index in [2.05, 4.69) is 26.9 Å². The molecule has 1 aromatic heterocycles. The molecule has 1 saturated carbocycles. The first-order chi connectivity index (χ1) is 8.71. The normalized spacial score (nSPS) is 23.7. The average molecular weight is 266 g/mol. The Bertz CT molecular complexity index is 389. The monoisotopic (exact) mass is 266 g/mol. The molecular weight excluding hydrogens is 244 g/mol. The van der Waals surface area contributed by atoms with Crippen molar-refractivity contribution in [2.75, 3.05) is 23.9 Å². The van der Waals surface area contributed by atoms with Crippen molar-refractivity contribution in [1.29, 1.82) is 0 Å². The fraction of sp³-hybridized carbons (Fsp3) is 0.692. The molecule has 4 nitrogen and oxygen atoms in total. The zero-order chi connectivity index (χ0) is 13.0. The van der Waals surface area contributed by atoms with Gasteiger partial charge in [-0.05, 0) is 38.9 Å². The van der Waals surface area contributed by atoms with Crippen LogP contribution < -0.4 is 10.6 Å². The van der Waals surface area contributed by atoms with Crippen molar-refractivity contribution in [3.05, 3.63) is 11.9 Å². The standard InChI is InChI=1S/C13H22N4S/c1-9-15-12(14-2)8-13(16-9)17-10-4-6-11(18-3)7-5-10/h8,10-11H,4-7H2,1-3H3,(H2,14,15,16,17). The number of hydrogen-bond acceptors (Lipinski definition) is 5. The predicted molar refractivity (Wildman–Crippen MR) is 79.5 cm³/mol. The van der Waals surface area contributed by atoms with Crippen LogP contribution in [0.15, 0.2) is 6.07 Å². The SMILES string of the molecule is CNc1cc(NC2CCC(SC)CC2)nc(C)n1. The zero-order valence-corrected chi connectivity index (χ0v) is 12.2. The highest BCUT2D eigenvalue weighted by molar-refractivity contribution is 7.99. The van der Waals surface area contributed by atoms with E-state index in [9.17, 15) is 0 Å². The van der Waals surface area contributed by atoms with Crippen molar-refractivity contribution >= 4 is 23.4 Å². The number of rotatable bonds is 4. The number of thioether (sulfide) groups is 1. The largest absolute Gasteiger partial charge is 0.373 e. The van der Waals surface area contributed by atoms with Crippen LogP contribution in [0.5, 0.6) is 0 Å². The molecule has 0 bridgehead atoms. The lowest BCUT2D eigenvalue weighted by molar-refractivity contribution is 0.472. The second kappa shape index (κ2) is 6.27. The molecular formula is C13H22N4S. The number of nitrogens with one attached hydrogen (secondary N) is 2. The quantitative estimate of drug-likeness (QED) is 0.877. The van der Waals surface area contributed by atoms with Crippen molar-refractivity contribution in [1.82, 2.24) is 9.97 Å². The minimum atomic E-state index is 0.562. The molecule has 1 aliphatic rings. The molecule has 2 N–H and O–H groups in total. The third-order valence-electron chi connectivity index (χ3n) is 3.45. The molecule has 100 valence electrons. The molecule has 2 rings (SSSR count). The van der Waals surface area contributed by atoms with Crippen LogP contribution in [0.25, 0.3) is 0 Å². The minimum absolute atomic E-state index is 0.562. The number of hydrogen-bond donors (Lipinski definition) is 2. The van der Waals surface area contributed by atoms with Crippen LogP contribution in [0.3, 0.4) is 0 Å². The van der Waals surface area contributed by atoms with Crippen LogP contribution in [-0.4, -0.2) is 34.6 Å². The van der Waals surface area contributed by atoms with Gasteiger partial charge in [-0.25, -0.2) is 9.97 Å². The molecule has 1 aliphatic carbocycles. The highest BCUT2D eigenvalue weighted by Gasteiger charge is 2.20. The summed E-state index contributed by atoms with van der Waals surface area (Å²) in [5.74, 6) is 2.63. The molecule has 1 heterocycles. The van der Waals surface area contributed by atoms with Crippen molar-refractivity contribution in [2.24, 2.45) is 0 Å². The van der Waals surface area contributed by atoms with Gasteiger partial charge in [0.15, 0.2) is 0 Å². The Hall–Kier alpha value is -0.970. The van der Waals surface area contributed by atoms with Crippen LogP contribution in [0.1, 0.15) is 31.5 Å². The maximum Gasteiger partial charge on any atom is 0.132 e. The van der Waals surface area contributed by atoms with E-state index < -0.39 is 0 Å².